The highest BCUT2D eigenvalue weighted by Gasteiger charge is 2.64. The third kappa shape index (κ3) is 3.22. The van der Waals surface area contributed by atoms with Crippen molar-refractivity contribution in [3.8, 4) is 0 Å². The molecule has 2 heterocycles. The molecule has 0 fully saturated rings. The highest BCUT2D eigenvalue weighted by molar-refractivity contribution is 6.30. The molecule has 2 aliphatic heterocycles. The van der Waals surface area contributed by atoms with Gasteiger partial charge in [-0.1, -0.05) is 43.6 Å². The molecule has 8 heteroatoms. The minimum absolute atomic E-state index is 0.0343. The summed E-state index contributed by atoms with van der Waals surface area (Å²) in [5.74, 6) is -1.24. The molecule has 1 spiro atoms. The fraction of sp³-hybridized carbons (Fsp3) is 0.321. The van der Waals surface area contributed by atoms with Crippen LogP contribution in [0.3, 0.4) is 0 Å². The number of likely N-dealkylation sites (N-methyl/N-ethyl adjacent to an activating group) is 1. The number of amides is 1. The second-order valence-corrected chi connectivity index (χ2v) is 10.6. The minimum Gasteiger partial charge on any atom is -0.462 e. The van der Waals surface area contributed by atoms with Crippen molar-refractivity contribution in [2.45, 2.75) is 39.0 Å². The first kappa shape index (κ1) is 24.1. The molecule has 5 rings (SSSR count). The second kappa shape index (κ2) is 8.23. The van der Waals surface area contributed by atoms with E-state index in [0.717, 1.165) is 0 Å². The number of anilines is 2. The molecule has 3 aliphatic rings. The molecular formula is C28H28ClN3O4. The number of nitrogens with zero attached hydrogens (tertiary/aromatic N) is 2. The van der Waals surface area contributed by atoms with Crippen LogP contribution < -0.4 is 15.5 Å². The lowest BCUT2D eigenvalue weighted by Crippen LogP contribution is -2.55. The number of esters is 1. The topological polar surface area (TPSA) is 92.9 Å². The van der Waals surface area contributed by atoms with Crippen LogP contribution in [-0.4, -0.2) is 31.3 Å². The summed E-state index contributed by atoms with van der Waals surface area (Å²) >= 11 is 6.15. The zero-order chi connectivity index (χ0) is 26.0. The normalized spacial score (nSPS) is 22.8. The van der Waals surface area contributed by atoms with Crippen LogP contribution in [-0.2, 0) is 24.5 Å². The number of fused-ring (bicyclic) bond motifs is 3. The van der Waals surface area contributed by atoms with E-state index >= 15 is 0 Å². The smallest absolute Gasteiger partial charge is 0.339 e. The average Bonchev–Trinajstić information content (AvgIpc) is 3.02. The summed E-state index contributed by atoms with van der Waals surface area (Å²) in [4.78, 5) is 45.2. The van der Waals surface area contributed by atoms with Gasteiger partial charge in [0.25, 0.3) is 0 Å². The lowest BCUT2D eigenvalue weighted by Gasteiger charge is -2.47. The predicted octanol–water partition coefficient (Wildman–Crippen LogP) is 4.45. The van der Waals surface area contributed by atoms with E-state index in [-0.39, 0.29) is 41.2 Å². The van der Waals surface area contributed by atoms with Gasteiger partial charge in [0.15, 0.2) is 5.78 Å². The van der Waals surface area contributed by atoms with Gasteiger partial charge in [0.1, 0.15) is 16.8 Å². The molecule has 2 aromatic rings. The number of hydrogen-bond acceptors (Lipinski definition) is 6. The zero-order valence-corrected chi connectivity index (χ0v) is 21.5. The van der Waals surface area contributed by atoms with E-state index in [1.165, 1.54) is 4.90 Å². The molecular weight excluding hydrogens is 478 g/mol. The Hall–Kier alpha value is -3.58. The number of para-hydroxylation sites is 1. The Balaban J connectivity index is 1.93. The van der Waals surface area contributed by atoms with Crippen LogP contribution in [0.25, 0.3) is 0 Å². The number of Topliss-reactive ketones (excluding diaryl/α,β-unsaturated/α-hetero) is 1. The zero-order valence-electron chi connectivity index (χ0n) is 20.7. The summed E-state index contributed by atoms with van der Waals surface area (Å²) in [7, 11) is 1.65. The highest BCUT2D eigenvalue weighted by Crippen LogP contribution is 2.58. The maximum atomic E-state index is 14.3. The summed E-state index contributed by atoms with van der Waals surface area (Å²) in [6, 6.07) is 14.2. The number of halogens is 1. The van der Waals surface area contributed by atoms with Crippen molar-refractivity contribution in [1.82, 2.24) is 0 Å². The fourth-order valence-corrected chi connectivity index (χ4v) is 5.99. The molecule has 2 aromatic carbocycles. The maximum absolute atomic E-state index is 14.3. The van der Waals surface area contributed by atoms with E-state index in [9.17, 15) is 14.4 Å². The first-order valence-electron chi connectivity index (χ1n) is 11.9. The summed E-state index contributed by atoms with van der Waals surface area (Å²) in [6.45, 7) is 5.80. The van der Waals surface area contributed by atoms with E-state index in [2.05, 4.69) is 0 Å². The van der Waals surface area contributed by atoms with Crippen LogP contribution >= 0.6 is 11.6 Å². The molecule has 1 atom stereocenters. The number of nitrogens with two attached hydrogens (primary N) is 1. The molecule has 7 nitrogen and oxygen atoms in total. The van der Waals surface area contributed by atoms with Crippen LogP contribution in [0.15, 0.2) is 71.2 Å². The van der Waals surface area contributed by atoms with Crippen LogP contribution in [0.5, 0.6) is 0 Å². The number of carbonyl (C=O) groups excluding carboxylic acids is 3. The van der Waals surface area contributed by atoms with E-state index < -0.39 is 17.3 Å². The number of ketones is 1. The Labute approximate surface area is 215 Å². The Bertz CT molecular complexity index is 1380. The monoisotopic (exact) mass is 505 g/mol. The molecule has 2 N–H and O–H groups in total. The highest BCUT2D eigenvalue weighted by atomic mass is 35.5. The van der Waals surface area contributed by atoms with Gasteiger partial charge in [-0.2, -0.15) is 0 Å². The predicted molar refractivity (Wildman–Crippen MR) is 138 cm³/mol. The van der Waals surface area contributed by atoms with Gasteiger partial charge in [-0.05, 0) is 49.1 Å². The summed E-state index contributed by atoms with van der Waals surface area (Å²) in [5, 5.41) is 0.538. The van der Waals surface area contributed by atoms with Gasteiger partial charge >= 0.3 is 5.97 Å². The first-order chi connectivity index (χ1) is 17.0. The molecule has 1 unspecified atom stereocenters. The molecule has 1 aliphatic carbocycles. The van der Waals surface area contributed by atoms with Gasteiger partial charge in [0.2, 0.25) is 5.91 Å². The van der Waals surface area contributed by atoms with Gasteiger partial charge < -0.3 is 15.4 Å². The van der Waals surface area contributed by atoms with Crippen LogP contribution in [0, 0.1) is 5.41 Å². The number of carbonyl (C=O) groups is 3. The lowest BCUT2D eigenvalue weighted by molar-refractivity contribution is -0.140. The first-order valence-corrected chi connectivity index (χ1v) is 12.3. The number of hydrogen-bond donors (Lipinski definition) is 1. The van der Waals surface area contributed by atoms with Gasteiger partial charge in [0.05, 0.1) is 6.61 Å². The van der Waals surface area contributed by atoms with Gasteiger partial charge in [-0.3, -0.25) is 14.5 Å². The molecule has 186 valence electrons. The van der Waals surface area contributed by atoms with E-state index in [0.29, 0.717) is 34.1 Å². The standard InChI is InChI=1S/C28H28ClN3O4/c1-5-36-25(34)23-24(30)32(17-12-10-16(29)11-13-17)20-14-27(2,3)15-21(33)22(20)28(23)18-8-6-7-9-19(18)31(4)26(28)35/h6-13H,5,14-15,30H2,1-4H3. The van der Waals surface area contributed by atoms with Crippen LogP contribution in [0.4, 0.5) is 11.4 Å². The van der Waals surface area contributed by atoms with Crippen LogP contribution in [0.1, 0.15) is 39.2 Å². The fourth-order valence-electron chi connectivity index (χ4n) is 5.87. The average molecular weight is 506 g/mol. The van der Waals surface area contributed by atoms with Crippen molar-refractivity contribution in [3.05, 3.63) is 81.8 Å². The van der Waals surface area contributed by atoms with Crippen molar-refractivity contribution in [3.63, 3.8) is 0 Å². The van der Waals surface area contributed by atoms with Gasteiger partial charge in [-0.25, -0.2) is 4.79 Å². The van der Waals surface area contributed by atoms with Crippen molar-refractivity contribution < 1.29 is 19.1 Å². The Morgan fingerprint density at radius 3 is 2.42 bits per heavy atom. The van der Waals surface area contributed by atoms with E-state index in [1.807, 2.05) is 26.0 Å². The third-order valence-electron chi connectivity index (χ3n) is 7.23. The Morgan fingerprint density at radius 2 is 1.75 bits per heavy atom. The third-order valence-corrected chi connectivity index (χ3v) is 7.48. The number of ether oxygens (including phenoxy) is 1. The SMILES string of the molecule is CCOC(=O)C1=C(N)N(c2ccc(Cl)cc2)C2=C(C(=O)CC(C)(C)C2)C12C(=O)N(C)c1ccccc12. The van der Waals surface area contributed by atoms with Crippen molar-refractivity contribution >= 4 is 40.6 Å². The van der Waals surface area contributed by atoms with Gasteiger partial charge in [-0.15, -0.1) is 0 Å². The van der Waals surface area contributed by atoms with Crippen LogP contribution in [0.2, 0.25) is 5.02 Å². The molecule has 0 saturated carbocycles. The number of benzene rings is 2. The number of rotatable bonds is 3. The summed E-state index contributed by atoms with van der Waals surface area (Å²) < 4.78 is 5.47. The Morgan fingerprint density at radius 1 is 1.08 bits per heavy atom. The summed E-state index contributed by atoms with van der Waals surface area (Å²) in [5.41, 5.74) is 7.46. The lowest BCUT2D eigenvalue weighted by atomic mass is 9.60. The molecule has 0 aromatic heterocycles. The van der Waals surface area contributed by atoms with Crippen molar-refractivity contribution in [2.24, 2.45) is 11.1 Å². The quantitative estimate of drug-likeness (QED) is 0.619. The molecule has 36 heavy (non-hydrogen) atoms. The number of allylic oxidation sites excluding steroid dienone is 1. The van der Waals surface area contributed by atoms with Crippen molar-refractivity contribution in [2.75, 3.05) is 23.5 Å². The molecule has 0 bridgehead atoms. The Kier molecular flexibility index (Phi) is 5.52. The largest absolute Gasteiger partial charge is 0.462 e. The second-order valence-electron chi connectivity index (χ2n) is 10.2. The van der Waals surface area contributed by atoms with E-state index in [4.69, 9.17) is 22.1 Å². The maximum Gasteiger partial charge on any atom is 0.339 e. The molecule has 1 amide bonds. The minimum atomic E-state index is -1.69. The van der Waals surface area contributed by atoms with Gasteiger partial charge in [0, 0.05) is 46.7 Å². The molecule has 0 saturated heterocycles. The van der Waals surface area contributed by atoms with Crippen molar-refractivity contribution in [1.29, 1.82) is 0 Å². The molecule has 0 radical (unpaired) electrons. The summed E-state index contributed by atoms with van der Waals surface area (Å²) in [6.07, 6.45) is 0.714. The van der Waals surface area contributed by atoms with E-state index in [1.54, 1.807) is 55.3 Å².